The highest BCUT2D eigenvalue weighted by Gasteiger charge is 2.28. The first kappa shape index (κ1) is 20.4. The predicted octanol–water partition coefficient (Wildman–Crippen LogP) is 4.83. The number of hydrogen-bond acceptors (Lipinski definition) is 5. The number of nitrogens with one attached hydrogen (secondary N) is 1. The molecule has 1 heterocycles. The number of carbonyl (C=O) groups excluding carboxylic acids is 2. The zero-order chi connectivity index (χ0) is 20.3. The molecule has 1 aliphatic rings. The van der Waals surface area contributed by atoms with Crippen molar-refractivity contribution in [2.24, 2.45) is 0 Å². The first-order valence-electron chi connectivity index (χ1n) is 9.76. The quantitative estimate of drug-likeness (QED) is 0.705. The Bertz CT molecular complexity index is 867. The highest BCUT2D eigenvalue weighted by atomic mass is 32.1. The number of benzene rings is 1. The van der Waals surface area contributed by atoms with Crippen molar-refractivity contribution in [3.8, 4) is 5.75 Å². The monoisotopic (exact) mass is 401 g/mol. The summed E-state index contributed by atoms with van der Waals surface area (Å²) < 4.78 is 11.1. The number of carbonyl (C=O) groups is 2. The van der Waals surface area contributed by atoms with Gasteiger partial charge in [-0.3, -0.25) is 4.79 Å². The van der Waals surface area contributed by atoms with E-state index in [1.54, 1.807) is 13.8 Å². The minimum absolute atomic E-state index is 0.275. The summed E-state index contributed by atoms with van der Waals surface area (Å²) in [5.74, 6) is 0.0274. The molecular formula is C22H27NO4S. The van der Waals surface area contributed by atoms with E-state index in [1.807, 2.05) is 26.0 Å². The molecule has 5 nitrogen and oxygen atoms in total. The number of esters is 1. The van der Waals surface area contributed by atoms with Crippen LogP contribution in [0.3, 0.4) is 0 Å². The fourth-order valence-electron chi connectivity index (χ4n) is 3.55. The molecule has 0 saturated carbocycles. The third-order valence-electron chi connectivity index (χ3n) is 4.76. The Morgan fingerprint density at radius 3 is 2.50 bits per heavy atom. The smallest absolute Gasteiger partial charge is 0.341 e. The molecular weight excluding hydrogens is 374 g/mol. The zero-order valence-electron chi connectivity index (χ0n) is 16.9. The van der Waals surface area contributed by atoms with E-state index in [1.165, 1.54) is 16.2 Å². The second-order valence-electron chi connectivity index (χ2n) is 7.21. The molecule has 1 aliphatic carbocycles. The van der Waals surface area contributed by atoms with Gasteiger partial charge in [0.1, 0.15) is 10.8 Å². The van der Waals surface area contributed by atoms with Crippen LogP contribution in [0, 0.1) is 13.8 Å². The van der Waals surface area contributed by atoms with Crippen LogP contribution in [0.2, 0.25) is 0 Å². The SMILES string of the molecule is CCOC(=O)c1c(NC(=O)[C@@H](C)Oc2cc(C)cc(C)c2)sc2c1CCCC2. The third kappa shape index (κ3) is 4.55. The third-order valence-corrected chi connectivity index (χ3v) is 5.97. The molecule has 0 bridgehead atoms. The molecule has 0 aliphatic heterocycles. The summed E-state index contributed by atoms with van der Waals surface area (Å²) in [6.45, 7) is 7.79. The van der Waals surface area contributed by atoms with Crippen LogP contribution in [0.4, 0.5) is 5.00 Å². The van der Waals surface area contributed by atoms with Gasteiger partial charge in [-0.15, -0.1) is 11.3 Å². The minimum atomic E-state index is -0.685. The lowest BCUT2D eigenvalue weighted by molar-refractivity contribution is -0.122. The van der Waals surface area contributed by atoms with E-state index >= 15 is 0 Å². The molecule has 150 valence electrons. The van der Waals surface area contributed by atoms with Gasteiger partial charge in [0.2, 0.25) is 0 Å². The van der Waals surface area contributed by atoms with Crippen LogP contribution in [-0.2, 0) is 22.4 Å². The molecule has 1 amide bonds. The van der Waals surface area contributed by atoms with Crippen LogP contribution in [0.25, 0.3) is 0 Å². The second-order valence-corrected chi connectivity index (χ2v) is 8.31. The molecule has 0 saturated heterocycles. The van der Waals surface area contributed by atoms with Crippen molar-refractivity contribution in [1.29, 1.82) is 0 Å². The van der Waals surface area contributed by atoms with Gasteiger partial charge in [0, 0.05) is 4.88 Å². The van der Waals surface area contributed by atoms with Gasteiger partial charge in [-0.2, -0.15) is 0 Å². The fourth-order valence-corrected chi connectivity index (χ4v) is 4.83. The average Bonchev–Trinajstić information content (AvgIpc) is 2.98. The minimum Gasteiger partial charge on any atom is -0.481 e. The van der Waals surface area contributed by atoms with Crippen molar-refractivity contribution in [3.63, 3.8) is 0 Å². The first-order valence-corrected chi connectivity index (χ1v) is 10.6. The number of aryl methyl sites for hydroxylation is 3. The van der Waals surface area contributed by atoms with Gasteiger partial charge < -0.3 is 14.8 Å². The molecule has 0 unspecified atom stereocenters. The zero-order valence-corrected chi connectivity index (χ0v) is 17.7. The normalized spacial score (nSPS) is 14.1. The Morgan fingerprint density at radius 1 is 1.14 bits per heavy atom. The highest BCUT2D eigenvalue weighted by molar-refractivity contribution is 7.17. The molecule has 0 radical (unpaired) electrons. The molecule has 1 N–H and O–H groups in total. The number of rotatable bonds is 6. The Hall–Kier alpha value is -2.34. The molecule has 0 fully saturated rings. The maximum absolute atomic E-state index is 12.8. The van der Waals surface area contributed by atoms with Gasteiger partial charge in [0.05, 0.1) is 12.2 Å². The van der Waals surface area contributed by atoms with Crippen LogP contribution >= 0.6 is 11.3 Å². The summed E-state index contributed by atoms with van der Waals surface area (Å²) in [6.07, 6.45) is 3.27. The van der Waals surface area contributed by atoms with E-state index < -0.39 is 6.10 Å². The Labute approximate surface area is 170 Å². The maximum Gasteiger partial charge on any atom is 0.341 e. The van der Waals surface area contributed by atoms with Crippen molar-refractivity contribution in [1.82, 2.24) is 0 Å². The van der Waals surface area contributed by atoms with Crippen molar-refractivity contribution in [2.45, 2.75) is 59.5 Å². The molecule has 2 aromatic rings. The molecule has 3 rings (SSSR count). The number of hydrogen-bond donors (Lipinski definition) is 1. The Kier molecular flexibility index (Phi) is 6.39. The number of amides is 1. The summed E-state index contributed by atoms with van der Waals surface area (Å²) in [7, 11) is 0. The van der Waals surface area contributed by atoms with E-state index in [0.717, 1.165) is 42.4 Å². The molecule has 28 heavy (non-hydrogen) atoms. The standard InChI is InChI=1S/C22H27NO4S/c1-5-26-22(25)19-17-8-6-7-9-18(17)28-21(19)23-20(24)15(4)27-16-11-13(2)10-14(3)12-16/h10-12,15H,5-9H2,1-4H3,(H,23,24)/t15-/m1/s1. The van der Waals surface area contributed by atoms with Crippen molar-refractivity contribution >= 4 is 28.2 Å². The van der Waals surface area contributed by atoms with Gasteiger partial charge in [-0.1, -0.05) is 6.07 Å². The van der Waals surface area contributed by atoms with Gasteiger partial charge >= 0.3 is 5.97 Å². The summed E-state index contributed by atoms with van der Waals surface area (Å²) in [6, 6.07) is 5.87. The highest BCUT2D eigenvalue weighted by Crippen LogP contribution is 2.38. The first-order chi connectivity index (χ1) is 13.4. The van der Waals surface area contributed by atoms with Gasteiger partial charge in [0.25, 0.3) is 5.91 Å². The summed E-state index contributed by atoms with van der Waals surface area (Å²) in [5, 5.41) is 3.49. The molecule has 1 aromatic heterocycles. The van der Waals surface area contributed by atoms with Gasteiger partial charge in [0.15, 0.2) is 6.10 Å². The number of fused-ring (bicyclic) bond motifs is 1. The van der Waals surface area contributed by atoms with E-state index in [2.05, 4.69) is 11.4 Å². The second kappa shape index (κ2) is 8.78. The maximum atomic E-state index is 12.8. The van der Waals surface area contributed by atoms with Gasteiger partial charge in [-0.25, -0.2) is 4.79 Å². The molecule has 6 heteroatoms. The molecule has 1 atom stereocenters. The molecule has 1 aromatic carbocycles. The molecule has 0 spiro atoms. The summed E-state index contributed by atoms with van der Waals surface area (Å²) in [4.78, 5) is 26.4. The van der Waals surface area contributed by atoms with Crippen LogP contribution in [0.1, 0.15) is 58.6 Å². The Balaban J connectivity index is 1.79. The van der Waals surface area contributed by atoms with Gasteiger partial charge in [-0.05, 0) is 82.2 Å². The number of ether oxygens (including phenoxy) is 2. The van der Waals surface area contributed by atoms with E-state index in [-0.39, 0.29) is 11.9 Å². The lowest BCUT2D eigenvalue weighted by atomic mass is 9.95. The van der Waals surface area contributed by atoms with E-state index in [0.29, 0.717) is 22.9 Å². The van der Waals surface area contributed by atoms with E-state index in [9.17, 15) is 9.59 Å². The summed E-state index contributed by atoms with van der Waals surface area (Å²) >= 11 is 1.48. The number of anilines is 1. The topological polar surface area (TPSA) is 64.6 Å². The van der Waals surface area contributed by atoms with Crippen molar-refractivity contribution in [3.05, 3.63) is 45.3 Å². The largest absolute Gasteiger partial charge is 0.481 e. The van der Waals surface area contributed by atoms with Crippen LogP contribution in [0.15, 0.2) is 18.2 Å². The lowest BCUT2D eigenvalue weighted by Crippen LogP contribution is -2.30. The van der Waals surface area contributed by atoms with Crippen molar-refractivity contribution < 1.29 is 19.1 Å². The van der Waals surface area contributed by atoms with Crippen LogP contribution in [0.5, 0.6) is 5.75 Å². The average molecular weight is 402 g/mol. The van der Waals surface area contributed by atoms with Crippen molar-refractivity contribution in [2.75, 3.05) is 11.9 Å². The fraction of sp³-hybridized carbons (Fsp3) is 0.455. The van der Waals surface area contributed by atoms with Crippen LogP contribution < -0.4 is 10.1 Å². The summed E-state index contributed by atoms with van der Waals surface area (Å²) in [5.41, 5.74) is 3.72. The Morgan fingerprint density at radius 2 is 1.82 bits per heavy atom. The van der Waals surface area contributed by atoms with E-state index in [4.69, 9.17) is 9.47 Å². The predicted molar refractivity (Wildman–Crippen MR) is 112 cm³/mol. The lowest BCUT2D eigenvalue weighted by Gasteiger charge is -2.16. The van der Waals surface area contributed by atoms with Crippen LogP contribution in [-0.4, -0.2) is 24.6 Å². The number of thiophene rings is 1.